The van der Waals surface area contributed by atoms with E-state index in [2.05, 4.69) is 0 Å². The number of piperidine rings is 1. The molecule has 1 aliphatic heterocycles. The summed E-state index contributed by atoms with van der Waals surface area (Å²) in [5.74, 6) is 0.160. The van der Waals surface area contributed by atoms with Gasteiger partial charge in [-0.05, 0) is 50.3 Å². The summed E-state index contributed by atoms with van der Waals surface area (Å²) >= 11 is 5.91. The highest BCUT2D eigenvalue weighted by Gasteiger charge is 2.32. The number of sulfonamides is 1. The molecule has 1 aromatic rings. The molecule has 1 aromatic carbocycles. The van der Waals surface area contributed by atoms with Gasteiger partial charge in [-0.3, -0.25) is 0 Å². The highest BCUT2D eigenvalue weighted by molar-refractivity contribution is 7.89. The van der Waals surface area contributed by atoms with E-state index in [4.69, 9.17) is 17.3 Å². The average molecular weight is 333 g/mol. The number of anilines is 1. The van der Waals surface area contributed by atoms with E-state index in [1.54, 1.807) is 19.9 Å². The lowest BCUT2D eigenvalue weighted by Crippen LogP contribution is -2.40. The van der Waals surface area contributed by atoms with Crippen molar-refractivity contribution >= 4 is 27.3 Å². The standard InChI is InChI=1S/C14H21ClN2O3S/c1-9-7-12(15)13(16)8-14(9)21(19,20)17-5-3-11(4-6-17)10(2)18/h7-8,10-11,18H,3-6,16H2,1-2H3. The van der Waals surface area contributed by atoms with Crippen molar-refractivity contribution in [2.45, 2.75) is 37.7 Å². The lowest BCUT2D eigenvalue weighted by molar-refractivity contribution is 0.0912. The van der Waals surface area contributed by atoms with Crippen LogP contribution in [0.25, 0.3) is 0 Å². The second-order valence-corrected chi connectivity index (χ2v) is 7.93. The summed E-state index contributed by atoms with van der Waals surface area (Å²) in [6.45, 7) is 4.29. The number of aliphatic hydroxyl groups excluding tert-OH is 1. The molecule has 2 rings (SSSR count). The van der Waals surface area contributed by atoms with Crippen molar-refractivity contribution in [1.82, 2.24) is 4.31 Å². The SMILES string of the molecule is Cc1cc(Cl)c(N)cc1S(=O)(=O)N1CCC(C(C)O)CC1. The van der Waals surface area contributed by atoms with E-state index < -0.39 is 16.1 Å². The molecule has 0 bridgehead atoms. The Labute approximate surface area is 130 Å². The van der Waals surface area contributed by atoms with Crippen LogP contribution in [-0.2, 0) is 10.0 Å². The van der Waals surface area contributed by atoms with Crippen molar-refractivity contribution in [3.63, 3.8) is 0 Å². The minimum Gasteiger partial charge on any atom is -0.397 e. The van der Waals surface area contributed by atoms with Crippen molar-refractivity contribution in [2.75, 3.05) is 18.8 Å². The van der Waals surface area contributed by atoms with Crippen molar-refractivity contribution in [1.29, 1.82) is 0 Å². The first-order valence-corrected chi connectivity index (χ1v) is 8.79. The van der Waals surface area contributed by atoms with Gasteiger partial charge in [-0.25, -0.2) is 8.42 Å². The number of hydrogen-bond donors (Lipinski definition) is 2. The Morgan fingerprint density at radius 2 is 1.95 bits per heavy atom. The van der Waals surface area contributed by atoms with Crippen LogP contribution in [0.15, 0.2) is 17.0 Å². The number of rotatable bonds is 3. The number of benzene rings is 1. The maximum atomic E-state index is 12.7. The zero-order valence-corrected chi connectivity index (χ0v) is 13.8. The lowest BCUT2D eigenvalue weighted by Gasteiger charge is -2.32. The van der Waals surface area contributed by atoms with Gasteiger partial charge in [-0.2, -0.15) is 4.31 Å². The minimum absolute atomic E-state index is 0.160. The smallest absolute Gasteiger partial charge is 0.243 e. The summed E-state index contributed by atoms with van der Waals surface area (Å²) in [4.78, 5) is 0.208. The molecule has 0 saturated carbocycles. The van der Waals surface area contributed by atoms with Gasteiger partial charge in [0.25, 0.3) is 0 Å². The molecule has 118 valence electrons. The molecule has 7 heteroatoms. The Morgan fingerprint density at radius 1 is 1.38 bits per heavy atom. The first-order valence-electron chi connectivity index (χ1n) is 6.97. The fourth-order valence-corrected chi connectivity index (χ4v) is 4.61. The van der Waals surface area contributed by atoms with Crippen molar-refractivity contribution in [3.8, 4) is 0 Å². The molecule has 0 spiro atoms. The predicted octanol–water partition coefficient (Wildman–Crippen LogP) is 2.01. The highest BCUT2D eigenvalue weighted by atomic mass is 35.5. The second-order valence-electron chi connectivity index (χ2n) is 5.62. The summed E-state index contributed by atoms with van der Waals surface area (Å²) < 4.78 is 26.9. The van der Waals surface area contributed by atoms with E-state index in [1.165, 1.54) is 10.4 Å². The van der Waals surface area contributed by atoms with Crippen LogP contribution in [0.4, 0.5) is 5.69 Å². The van der Waals surface area contributed by atoms with Crippen LogP contribution in [0.5, 0.6) is 0 Å². The Morgan fingerprint density at radius 3 is 2.48 bits per heavy atom. The molecule has 21 heavy (non-hydrogen) atoms. The van der Waals surface area contributed by atoms with Crippen molar-refractivity contribution < 1.29 is 13.5 Å². The van der Waals surface area contributed by atoms with E-state index in [-0.39, 0.29) is 16.5 Å². The maximum absolute atomic E-state index is 12.7. The topological polar surface area (TPSA) is 83.6 Å². The lowest BCUT2D eigenvalue weighted by atomic mass is 9.93. The Hall–Kier alpha value is -0.820. The van der Waals surface area contributed by atoms with Crippen LogP contribution >= 0.6 is 11.6 Å². The van der Waals surface area contributed by atoms with E-state index >= 15 is 0 Å². The summed E-state index contributed by atoms with van der Waals surface area (Å²) in [5, 5.41) is 9.96. The molecule has 1 atom stereocenters. The van der Waals surface area contributed by atoms with Gasteiger partial charge in [-0.15, -0.1) is 0 Å². The molecule has 0 aliphatic carbocycles. The van der Waals surface area contributed by atoms with Crippen LogP contribution in [0.2, 0.25) is 5.02 Å². The number of aryl methyl sites for hydroxylation is 1. The molecule has 0 radical (unpaired) electrons. The molecule has 0 aromatic heterocycles. The first kappa shape index (κ1) is 16.5. The zero-order valence-electron chi connectivity index (χ0n) is 12.2. The van der Waals surface area contributed by atoms with E-state index in [9.17, 15) is 13.5 Å². The van der Waals surface area contributed by atoms with Gasteiger partial charge in [0.2, 0.25) is 10.0 Å². The van der Waals surface area contributed by atoms with Gasteiger partial charge in [0.1, 0.15) is 0 Å². The molecular formula is C14H21ClN2O3S. The first-order chi connectivity index (χ1) is 9.73. The third-order valence-corrected chi connectivity index (χ3v) is 6.46. The molecule has 1 unspecified atom stereocenters. The fraction of sp³-hybridized carbons (Fsp3) is 0.571. The Kier molecular flexibility index (Phi) is 4.82. The van der Waals surface area contributed by atoms with Crippen LogP contribution in [-0.4, -0.2) is 37.0 Å². The van der Waals surface area contributed by atoms with Crippen molar-refractivity contribution in [3.05, 3.63) is 22.7 Å². The van der Waals surface area contributed by atoms with Crippen LogP contribution in [0, 0.1) is 12.8 Å². The molecule has 1 saturated heterocycles. The summed E-state index contributed by atoms with van der Waals surface area (Å²) in [7, 11) is -3.57. The predicted molar refractivity (Wildman–Crippen MR) is 83.8 cm³/mol. The molecule has 1 fully saturated rings. The number of hydrogen-bond acceptors (Lipinski definition) is 4. The van der Waals surface area contributed by atoms with Crippen LogP contribution in [0.3, 0.4) is 0 Å². The Bertz CT molecular complexity index is 623. The average Bonchev–Trinajstić information content (AvgIpc) is 2.42. The number of halogens is 1. The van der Waals surface area contributed by atoms with E-state index in [0.717, 1.165) is 0 Å². The largest absolute Gasteiger partial charge is 0.397 e. The van der Waals surface area contributed by atoms with Crippen molar-refractivity contribution in [2.24, 2.45) is 5.92 Å². The quantitative estimate of drug-likeness (QED) is 0.829. The van der Waals surface area contributed by atoms with Gasteiger partial charge in [0, 0.05) is 13.1 Å². The second kappa shape index (κ2) is 6.12. The summed E-state index contributed by atoms with van der Waals surface area (Å²) in [6.07, 6.45) is 0.931. The number of aliphatic hydroxyl groups is 1. The van der Waals surface area contributed by atoms with Gasteiger partial charge < -0.3 is 10.8 Å². The maximum Gasteiger partial charge on any atom is 0.243 e. The number of nitrogen functional groups attached to an aromatic ring is 1. The van der Waals surface area contributed by atoms with Gasteiger partial charge in [0.05, 0.1) is 21.7 Å². The number of nitrogens with two attached hydrogens (primary N) is 1. The molecular weight excluding hydrogens is 312 g/mol. The van der Waals surface area contributed by atoms with Crippen LogP contribution < -0.4 is 5.73 Å². The molecule has 1 aliphatic rings. The fourth-order valence-electron chi connectivity index (χ4n) is 2.68. The van der Waals surface area contributed by atoms with Crippen LogP contribution in [0.1, 0.15) is 25.3 Å². The third-order valence-electron chi connectivity index (χ3n) is 4.09. The molecule has 0 amide bonds. The zero-order chi connectivity index (χ0) is 15.8. The van der Waals surface area contributed by atoms with Gasteiger partial charge >= 0.3 is 0 Å². The normalized spacial score (nSPS) is 19.6. The Balaban J connectivity index is 2.26. The molecule has 5 nitrogen and oxygen atoms in total. The van der Waals surface area contributed by atoms with E-state index in [1.807, 2.05) is 0 Å². The monoisotopic (exact) mass is 332 g/mol. The molecule has 3 N–H and O–H groups in total. The molecule has 1 heterocycles. The number of nitrogens with zero attached hydrogens (tertiary/aromatic N) is 1. The van der Waals surface area contributed by atoms with E-state index in [0.29, 0.717) is 36.5 Å². The van der Waals surface area contributed by atoms with Gasteiger partial charge in [0.15, 0.2) is 0 Å². The van der Waals surface area contributed by atoms with Gasteiger partial charge in [-0.1, -0.05) is 11.6 Å². The minimum atomic E-state index is -3.57. The summed E-state index contributed by atoms with van der Waals surface area (Å²) in [6, 6.07) is 3.00. The summed E-state index contributed by atoms with van der Waals surface area (Å²) in [5.41, 5.74) is 6.58. The highest BCUT2D eigenvalue weighted by Crippen LogP contribution is 2.30. The third kappa shape index (κ3) is 3.34.